The topological polar surface area (TPSA) is 23.8 Å². The zero-order valence-corrected chi connectivity index (χ0v) is 4.44. The predicted octanol–water partition coefficient (Wildman–Crippen LogP) is 1.82. The van der Waals surface area contributed by atoms with Crippen LogP contribution in [0.2, 0.25) is 0 Å². The zero-order valence-electron chi connectivity index (χ0n) is 3.69. The Bertz CT molecular complexity index is 130. The van der Waals surface area contributed by atoms with E-state index in [0.29, 0.717) is 5.03 Å². The Morgan fingerprint density at radius 2 is 2.43 bits per heavy atom. The van der Waals surface area contributed by atoms with Crippen LogP contribution in [-0.4, -0.2) is 0 Å². The molecule has 0 bridgehead atoms. The maximum absolute atomic E-state index is 7.88. The van der Waals surface area contributed by atoms with Gasteiger partial charge in [0.05, 0.1) is 6.07 Å². The van der Waals surface area contributed by atoms with Crippen LogP contribution in [0.5, 0.6) is 0 Å². The molecule has 0 aromatic heterocycles. The standard InChI is InChI=1S/C5H4ClN/c1-5(6)3-2-4-7/h2-3H,1H2/b3-2-. The van der Waals surface area contributed by atoms with Gasteiger partial charge in [-0.1, -0.05) is 18.2 Å². The van der Waals surface area contributed by atoms with Gasteiger partial charge in [0, 0.05) is 11.1 Å². The van der Waals surface area contributed by atoms with Crippen LogP contribution in [0.25, 0.3) is 0 Å². The molecule has 36 valence electrons. The highest BCUT2D eigenvalue weighted by atomic mass is 35.5. The Morgan fingerprint density at radius 3 is 2.57 bits per heavy atom. The third-order valence-corrected chi connectivity index (χ3v) is 0.465. The molecule has 0 rings (SSSR count). The molecule has 7 heavy (non-hydrogen) atoms. The highest BCUT2D eigenvalue weighted by Gasteiger charge is 1.70. The molecule has 0 unspecified atom stereocenters. The second-order valence-corrected chi connectivity index (χ2v) is 1.39. The van der Waals surface area contributed by atoms with Crippen molar-refractivity contribution in [3.8, 4) is 6.07 Å². The van der Waals surface area contributed by atoms with E-state index in [9.17, 15) is 0 Å². The summed E-state index contributed by atoms with van der Waals surface area (Å²) in [6.07, 6.45) is 2.71. The fourth-order valence-corrected chi connectivity index (χ4v) is 0.191. The van der Waals surface area contributed by atoms with E-state index in [1.54, 1.807) is 6.07 Å². The van der Waals surface area contributed by atoms with Gasteiger partial charge in [0.2, 0.25) is 0 Å². The van der Waals surface area contributed by atoms with Crippen molar-refractivity contribution in [1.29, 1.82) is 5.26 Å². The van der Waals surface area contributed by atoms with Crippen LogP contribution in [0.15, 0.2) is 23.8 Å². The van der Waals surface area contributed by atoms with Crippen molar-refractivity contribution in [1.82, 2.24) is 0 Å². The first-order valence-corrected chi connectivity index (χ1v) is 2.05. The number of hydrogen-bond donors (Lipinski definition) is 0. The minimum atomic E-state index is 0.376. The lowest BCUT2D eigenvalue weighted by Gasteiger charge is -1.71. The minimum Gasteiger partial charge on any atom is -0.193 e. The van der Waals surface area contributed by atoms with E-state index in [0.717, 1.165) is 0 Å². The molecule has 0 radical (unpaired) electrons. The number of halogens is 1. The van der Waals surface area contributed by atoms with Gasteiger partial charge in [-0.25, -0.2) is 0 Å². The lowest BCUT2D eigenvalue weighted by atomic mass is 10.5. The van der Waals surface area contributed by atoms with Gasteiger partial charge >= 0.3 is 0 Å². The Morgan fingerprint density at radius 1 is 1.86 bits per heavy atom. The first-order valence-electron chi connectivity index (χ1n) is 1.68. The van der Waals surface area contributed by atoms with E-state index in [1.165, 1.54) is 12.2 Å². The average Bonchev–Trinajstić information content (AvgIpc) is 1.61. The SMILES string of the molecule is C=C(Cl)/C=C\C#N. The van der Waals surface area contributed by atoms with Crippen molar-refractivity contribution in [2.75, 3.05) is 0 Å². The predicted molar refractivity (Wildman–Crippen MR) is 29.7 cm³/mol. The molecular formula is C5H4ClN. The molecular weight excluding hydrogens is 110 g/mol. The van der Waals surface area contributed by atoms with Crippen LogP contribution in [-0.2, 0) is 0 Å². The molecule has 0 saturated heterocycles. The smallest absolute Gasteiger partial charge is 0.0912 e. The van der Waals surface area contributed by atoms with Crippen LogP contribution in [0, 0.1) is 11.3 Å². The Kier molecular flexibility index (Phi) is 3.09. The third-order valence-electron chi connectivity index (χ3n) is 0.339. The van der Waals surface area contributed by atoms with E-state index < -0.39 is 0 Å². The van der Waals surface area contributed by atoms with Gasteiger partial charge in [-0.05, 0) is 6.08 Å². The summed E-state index contributed by atoms with van der Waals surface area (Å²) in [6.45, 7) is 3.32. The summed E-state index contributed by atoms with van der Waals surface area (Å²) >= 11 is 5.22. The molecule has 0 heterocycles. The molecule has 0 aliphatic carbocycles. The summed E-state index contributed by atoms with van der Waals surface area (Å²) in [6, 6.07) is 1.77. The van der Waals surface area contributed by atoms with E-state index >= 15 is 0 Å². The highest BCUT2D eigenvalue weighted by molar-refractivity contribution is 6.30. The van der Waals surface area contributed by atoms with Gasteiger partial charge in [-0.15, -0.1) is 0 Å². The number of allylic oxidation sites excluding steroid dienone is 3. The number of hydrogen-bond acceptors (Lipinski definition) is 1. The van der Waals surface area contributed by atoms with E-state index in [1.807, 2.05) is 0 Å². The van der Waals surface area contributed by atoms with Crippen LogP contribution >= 0.6 is 11.6 Å². The fourth-order valence-electron chi connectivity index (χ4n) is 0.128. The van der Waals surface area contributed by atoms with Crippen molar-refractivity contribution in [2.24, 2.45) is 0 Å². The summed E-state index contributed by atoms with van der Waals surface area (Å²) < 4.78 is 0. The van der Waals surface area contributed by atoms with Gasteiger partial charge < -0.3 is 0 Å². The second kappa shape index (κ2) is 3.45. The van der Waals surface area contributed by atoms with Gasteiger partial charge in [-0.3, -0.25) is 0 Å². The minimum absolute atomic E-state index is 0.376. The molecule has 1 nitrogen and oxygen atoms in total. The molecule has 0 aromatic carbocycles. The van der Waals surface area contributed by atoms with Crippen molar-refractivity contribution < 1.29 is 0 Å². The first kappa shape index (κ1) is 6.26. The van der Waals surface area contributed by atoms with E-state index in [4.69, 9.17) is 16.9 Å². The Labute approximate surface area is 47.5 Å². The number of rotatable bonds is 1. The first-order chi connectivity index (χ1) is 3.27. The molecule has 2 heteroatoms. The molecule has 0 aromatic rings. The molecule has 0 N–H and O–H groups in total. The Hall–Kier alpha value is -0.740. The molecule has 0 aliphatic heterocycles. The fraction of sp³-hybridized carbons (Fsp3) is 0. The summed E-state index contributed by atoms with van der Waals surface area (Å²) in [5.41, 5.74) is 0. The van der Waals surface area contributed by atoms with Crippen molar-refractivity contribution in [3.63, 3.8) is 0 Å². The zero-order chi connectivity index (χ0) is 5.70. The second-order valence-electron chi connectivity index (χ2n) is 0.909. The highest BCUT2D eigenvalue weighted by Crippen LogP contribution is 1.95. The largest absolute Gasteiger partial charge is 0.193 e. The molecule has 0 spiro atoms. The van der Waals surface area contributed by atoms with Gasteiger partial charge in [0.1, 0.15) is 0 Å². The summed E-state index contributed by atoms with van der Waals surface area (Å²) in [5.74, 6) is 0. The van der Waals surface area contributed by atoms with Crippen molar-refractivity contribution in [3.05, 3.63) is 23.8 Å². The lowest BCUT2D eigenvalue weighted by molar-refractivity contribution is 1.53. The Balaban J connectivity index is 3.53. The van der Waals surface area contributed by atoms with Gasteiger partial charge in [0.15, 0.2) is 0 Å². The summed E-state index contributed by atoms with van der Waals surface area (Å²) in [7, 11) is 0. The van der Waals surface area contributed by atoms with E-state index in [-0.39, 0.29) is 0 Å². The van der Waals surface area contributed by atoms with Gasteiger partial charge in [0.25, 0.3) is 0 Å². The van der Waals surface area contributed by atoms with Crippen molar-refractivity contribution in [2.45, 2.75) is 0 Å². The monoisotopic (exact) mass is 113 g/mol. The molecule has 0 amide bonds. The number of nitrogens with zero attached hydrogens (tertiary/aromatic N) is 1. The molecule has 0 atom stereocenters. The lowest BCUT2D eigenvalue weighted by Crippen LogP contribution is -1.51. The van der Waals surface area contributed by atoms with Gasteiger partial charge in [-0.2, -0.15) is 5.26 Å². The third kappa shape index (κ3) is 5.26. The summed E-state index contributed by atoms with van der Waals surface area (Å²) in [4.78, 5) is 0. The average molecular weight is 114 g/mol. The quantitative estimate of drug-likeness (QED) is 0.376. The normalized spacial score (nSPS) is 8.57. The number of nitriles is 1. The van der Waals surface area contributed by atoms with Crippen LogP contribution in [0.4, 0.5) is 0 Å². The van der Waals surface area contributed by atoms with Crippen molar-refractivity contribution >= 4 is 11.6 Å². The van der Waals surface area contributed by atoms with E-state index in [2.05, 4.69) is 6.58 Å². The molecule has 0 saturated carbocycles. The van der Waals surface area contributed by atoms with Crippen LogP contribution in [0.3, 0.4) is 0 Å². The van der Waals surface area contributed by atoms with Crippen LogP contribution in [0.1, 0.15) is 0 Å². The maximum atomic E-state index is 7.88. The summed E-state index contributed by atoms with van der Waals surface area (Å²) in [5, 5.41) is 8.26. The van der Waals surface area contributed by atoms with Crippen LogP contribution < -0.4 is 0 Å². The maximum Gasteiger partial charge on any atom is 0.0912 e. The molecule has 0 fully saturated rings. The molecule has 0 aliphatic rings.